The van der Waals surface area contributed by atoms with Gasteiger partial charge in [-0.3, -0.25) is 4.90 Å². The molecule has 1 fully saturated rings. The zero-order valence-electron chi connectivity index (χ0n) is 10.4. The summed E-state index contributed by atoms with van der Waals surface area (Å²) < 4.78 is 5.57. The normalized spacial score (nSPS) is 23.0. The van der Waals surface area contributed by atoms with E-state index in [1.165, 1.54) is 0 Å². The number of rotatable bonds is 3. The summed E-state index contributed by atoms with van der Waals surface area (Å²) in [6.45, 7) is 5.12. The van der Waals surface area contributed by atoms with Crippen molar-refractivity contribution in [1.82, 2.24) is 4.90 Å². The molecule has 1 aromatic rings. The molecule has 0 saturated carbocycles. The molecule has 1 aromatic carbocycles. The first-order chi connectivity index (χ1) is 8.63. The summed E-state index contributed by atoms with van der Waals surface area (Å²) in [6.07, 6.45) is 0.110. The van der Waals surface area contributed by atoms with Gasteiger partial charge in [0.25, 0.3) is 0 Å². The molecule has 0 bridgehead atoms. The number of halogens is 2. The molecule has 2 N–H and O–H groups in total. The number of nitrogens with two attached hydrogens (primary N) is 1. The van der Waals surface area contributed by atoms with Crippen molar-refractivity contribution < 1.29 is 4.74 Å². The third kappa shape index (κ3) is 2.98. The monoisotopic (exact) mass is 288 g/mol. The van der Waals surface area contributed by atoms with Crippen molar-refractivity contribution in [2.75, 3.05) is 26.2 Å². The Hall–Kier alpha value is -0.320. The number of benzene rings is 1. The van der Waals surface area contributed by atoms with E-state index in [-0.39, 0.29) is 12.1 Å². The van der Waals surface area contributed by atoms with Crippen LogP contribution in [0.15, 0.2) is 18.2 Å². The molecule has 5 heteroatoms. The van der Waals surface area contributed by atoms with Crippen molar-refractivity contribution in [3.63, 3.8) is 0 Å². The molecule has 2 unspecified atom stereocenters. The van der Waals surface area contributed by atoms with Crippen LogP contribution in [-0.2, 0) is 4.74 Å². The van der Waals surface area contributed by atoms with Gasteiger partial charge in [0.2, 0.25) is 0 Å². The van der Waals surface area contributed by atoms with E-state index < -0.39 is 0 Å². The van der Waals surface area contributed by atoms with Crippen molar-refractivity contribution in [3.8, 4) is 0 Å². The van der Waals surface area contributed by atoms with Crippen molar-refractivity contribution in [1.29, 1.82) is 0 Å². The van der Waals surface area contributed by atoms with Gasteiger partial charge in [-0.05, 0) is 18.6 Å². The Morgan fingerprint density at radius 2 is 2.28 bits per heavy atom. The van der Waals surface area contributed by atoms with Crippen LogP contribution in [0.5, 0.6) is 0 Å². The van der Waals surface area contributed by atoms with Gasteiger partial charge < -0.3 is 10.5 Å². The van der Waals surface area contributed by atoms with Gasteiger partial charge >= 0.3 is 0 Å². The largest absolute Gasteiger partial charge is 0.374 e. The topological polar surface area (TPSA) is 38.5 Å². The molecular weight excluding hydrogens is 271 g/mol. The molecule has 2 atom stereocenters. The van der Waals surface area contributed by atoms with Crippen LogP contribution in [0.1, 0.15) is 18.5 Å². The molecule has 1 aliphatic heterocycles. The van der Waals surface area contributed by atoms with Gasteiger partial charge in [0.15, 0.2) is 0 Å². The Kier molecular flexibility index (Phi) is 4.87. The first-order valence-corrected chi connectivity index (χ1v) is 6.88. The number of ether oxygens (including phenoxy) is 1. The fourth-order valence-corrected chi connectivity index (χ4v) is 2.74. The lowest BCUT2D eigenvalue weighted by Gasteiger charge is -2.37. The summed E-state index contributed by atoms with van der Waals surface area (Å²) in [6, 6.07) is 5.98. The molecule has 1 heterocycles. The first kappa shape index (κ1) is 14.1. The number of hydrogen-bond donors (Lipinski definition) is 1. The Labute approximate surface area is 118 Å². The van der Waals surface area contributed by atoms with Crippen LogP contribution in [0.4, 0.5) is 0 Å². The van der Waals surface area contributed by atoms with Gasteiger partial charge in [-0.2, -0.15) is 0 Å². The molecule has 3 nitrogen and oxygen atoms in total. The summed E-state index contributed by atoms with van der Waals surface area (Å²) >= 11 is 12.3. The first-order valence-electron chi connectivity index (χ1n) is 6.13. The maximum Gasteiger partial charge on any atom is 0.0824 e. The van der Waals surface area contributed by atoms with E-state index in [1.54, 1.807) is 0 Å². The Bertz CT molecular complexity index is 414. The van der Waals surface area contributed by atoms with Gasteiger partial charge in [0, 0.05) is 25.7 Å². The summed E-state index contributed by atoms with van der Waals surface area (Å²) in [4.78, 5) is 2.33. The quantitative estimate of drug-likeness (QED) is 0.930. The van der Waals surface area contributed by atoms with E-state index in [9.17, 15) is 0 Å². The van der Waals surface area contributed by atoms with E-state index in [1.807, 2.05) is 18.2 Å². The van der Waals surface area contributed by atoms with Crippen LogP contribution in [-0.4, -0.2) is 37.2 Å². The highest BCUT2D eigenvalue weighted by Crippen LogP contribution is 2.33. The van der Waals surface area contributed by atoms with E-state index in [0.717, 1.165) is 18.7 Å². The van der Waals surface area contributed by atoms with Crippen LogP contribution in [0.25, 0.3) is 0 Å². The van der Waals surface area contributed by atoms with E-state index in [2.05, 4.69) is 11.8 Å². The Morgan fingerprint density at radius 1 is 1.50 bits per heavy atom. The second-order valence-corrected chi connectivity index (χ2v) is 5.33. The minimum atomic E-state index is 0.110. The standard InChI is InChI=1S/C13H18Cl2N2O/c1-9(11-3-2-4-12(14)13(11)15)17-5-6-18-10(7-16)8-17/h2-4,9-10H,5-8,16H2,1H3. The maximum absolute atomic E-state index is 6.26. The summed E-state index contributed by atoms with van der Waals surface area (Å²) in [5.74, 6) is 0. The summed E-state index contributed by atoms with van der Waals surface area (Å²) in [7, 11) is 0. The molecule has 18 heavy (non-hydrogen) atoms. The fourth-order valence-electron chi connectivity index (χ4n) is 2.28. The smallest absolute Gasteiger partial charge is 0.0824 e. The van der Waals surface area contributed by atoms with Crippen LogP contribution in [0.2, 0.25) is 10.0 Å². The van der Waals surface area contributed by atoms with E-state index >= 15 is 0 Å². The minimum Gasteiger partial charge on any atom is -0.374 e. The molecule has 2 rings (SSSR count). The maximum atomic E-state index is 6.26. The van der Waals surface area contributed by atoms with E-state index in [4.69, 9.17) is 33.7 Å². The highest BCUT2D eigenvalue weighted by Gasteiger charge is 2.25. The van der Waals surface area contributed by atoms with E-state index in [0.29, 0.717) is 23.2 Å². The van der Waals surface area contributed by atoms with Crippen molar-refractivity contribution >= 4 is 23.2 Å². The van der Waals surface area contributed by atoms with Crippen molar-refractivity contribution in [2.45, 2.75) is 19.1 Å². The highest BCUT2D eigenvalue weighted by atomic mass is 35.5. The number of morpholine rings is 1. The van der Waals surface area contributed by atoms with Crippen LogP contribution < -0.4 is 5.73 Å². The molecule has 1 aliphatic rings. The highest BCUT2D eigenvalue weighted by molar-refractivity contribution is 6.42. The third-order valence-corrected chi connectivity index (χ3v) is 4.25. The number of hydrogen-bond acceptors (Lipinski definition) is 3. The van der Waals surface area contributed by atoms with Crippen LogP contribution >= 0.6 is 23.2 Å². The number of nitrogens with zero attached hydrogens (tertiary/aromatic N) is 1. The molecule has 0 aliphatic carbocycles. The van der Waals surface area contributed by atoms with Crippen molar-refractivity contribution in [3.05, 3.63) is 33.8 Å². The average Bonchev–Trinajstić information content (AvgIpc) is 2.41. The van der Waals surface area contributed by atoms with Crippen LogP contribution in [0.3, 0.4) is 0 Å². The molecule has 1 saturated heterocycles. The van der Waals surface area contributed by atoms with Crippen LogP contribution in [0, 0.1) is 0 Å². The molecule has 100 valence electrons. The van der Waals surface area contributed by atoms with Gasteiger partial charge in [-0.1, -0.05) is 35.3 Å². The second-order valence-electron chi connectivity index (χ2n) is 4.54. The third-order valence-electron chi connectivity index (χ3n) is 3.41. The van der Waals surface area contributed by atoms with Gasteiger partial charge in [0.1, 0.15) is 0 Å². The molecule has 0 aromatic heterocycles. The molecule has 0 spiro atoms. The molecular formula is C13H18Cl2N2O. The zero-order valence-corrected chi connectivity index (χ0v) is 11.9. The summed E-state index contributed by atoms with van der Waals surface area (Å²) in [5.41, 5.74) is 6.72. The zero-order chi connectivity index (χ0) is 13.1. The molecule has 0 radical (unpaired) electrons. The molecule has 0 amide bonds. The van der Waals surface area contributed by atoms with Gasteiger partial charge in [-0.25, -0.2) is 0 Å². The lowest BCUT2D eigenvalue weighted by atomic mass is 10.1. The Morgan fingerprint density at radius 3 is 3.00 bits per heavy atom. The SMILES string of the molecule is CC(c1cccc(Cl)c1Cl)N1CCOC(CN)C1. The second kappa shape index (κ2) is 6.22. The fraction of sp³-hybridized carbons (Fsp3) is 0.538. The predicted octanol–water partition coefficient (Wildman–Crippen LogP) is 2.71. The minimum absolute atomic E-state index is 0.110. The van der Waals surface area contributed by atoms with Crippen molar-refractivity contribution in [2.24, 2.45) is 5.73 Å². The average molecular weight is 289 g/mol. The summed E-state index contributed by atoms with van der Waals surface area (Å²) in [5, 5.41) is 1.24. The van der Waals surface area contributed by atoms with Gasteiger partial charge in [0.05, 0.1) is 22.8 Å². The predicted molar refractivity (Wildman–Crippen MR) is 75.2 cm³/mol. The lowest BCUT2D eigenvalue weighted by Crippen LogP contribution is -2.46. The Balaban J connectivity index is 2.15. The lowest BCUT2D eigenvalue weighted by molar-refractivity contribution is -0.0364. The van der Waals surface area contributed by atoms with Gasteiger partial charge in [-0.15, -0.1) is 0 Å².